The highest BCUT2D eigenvalue weighted by Crippen LogP contribution is 2.40. The molecule has 0 aromatic heterocycles. The minimum absolute atomic E-state index is 0.574. The van der Waals surface area contributed by atoms with Crippen LogP contribution < -0.4 is 0 Å². The summed E-state index contributed by atoms with van der Waals surface area (Å²) >= 11 is 0. The summed E-state index contributed by atoms with van der Waals surface area (Å²) in [6, 6.07) is 9.65. The molecule has 0 spiro atoms. The number of nitro benzene ring substituents is 3. The molecule has 0 aliphatic heterocycles. The maximum Gasteiger partial charge on any atom is 0.288 e. The topological polar surface area (TPSA) is 232 Å². The normalized spacial score (nSPS) is 12.2. The zero-order valence-electron chi connectivity index (χ0n) is 18.0. The fraction of sp³-hybridized carbons (Fsp3) is 0.0526. The van der Waals surface area contributed by atoms with Gasteiger partial charge in [-0.3, -0.25) is 30.3 Å². The van der Waals surface area contributed by atoms with Crippen molar-refractivity contribution in [2.75, 3.05) is 0 Å². The SMILES string of the molecule is O=[N+]([O-])c1ccccc1S(=O)(=O)C(S(=O)(=O)c1ccccc1[N+](=O)[O-])S(=O)(=O)c1ccccc1[N+](=O)[O-]. The third-order valence-corrected chi connectivity index (χ3v) is 13.8. The van der Waals surface area contributed by atoms with Crippen LogP contribution in [0.4, 0.5) is 17.1 Å². The molecule has 0 saturated heterocycles. The molecule has 0 N–H and O–H groups in total. The smallest absolute Gasteiger partial charge is 0.258 e. The predicted octanol–water partition coefficient (Wildman–Crippen LogP) is 2.42. The van der Waals surface area contributed by atoms with E-state index in [-0.39, 0.29) is 0 Å². The first-order valence-electron chi connectivity index (χ1n) is 9.57. The summed E-state index contributed by atoms with van der Waals surface area (Å²) in [4.78, 5) is 26.8. The Morgan fingerprint density at radius 3 is 0.892 bits per heavy atom. The Morgan fingerprint density at radius 1 is 0.459 bits per heavy atom. The van der Waals surface area contributed by atoms with Crippen LogP contribution in [0.3, 0.4) is 0 Å². The largest absolute Gasteiger partial charge is 0.288 e. The second-order valence-corrected chi connectivity index (χ2v) is 14.0. The lowest BCUT2D eigenvalue weighted by molar-refractivity contribution is -0.388. The first kappa shape index (κ1) is 27.3. The molecule has 37 heavy (non-hydrogen) atoms. The molecule has 0 aliphatic carbocycles. The highest BCUT2D eigenvalue weighted by atomic mass is 32.3. The van der Waals surface area contributed by atoms with Crippen molar-refractivity contribution < 1.29 is 40.0 Å². The van der Waals surface area contributed by atoms with Gasteiger partial charge in [0.2, 0.25) is 29.5 Å². The van der Waals surface area contributed by atoms with Gasteiger partial charge in [0.25, 0.3) is 21.0 Å². The van der Waals surface area contributed by atoms with Crippen molar-refractivity contribution in [1.29, 1.82) is 0 Å². The average Bonchev–Trinajstić information content (AvgIpc) is 2.83. The molecule has 0 bridgehead atoms. The second-order valence-electron chi connectivity index (χ2n) is 7.10. The quantitative estimate of drug-likeness (QED) is 0.266. The van der Waals surface area contributed by atoms with Gasteiger partial charge >= 0.3 is 0 Å². The van der Waals surface area contributed by atoms with Crippen LogP contribution >= 0.6 is 0 Å². The monoisotopic (exact) mass is 571 g/mol. The zero-order chi connectivity index (χ0) is 27.8. The lowest BCUT2D eigenvalue weighted by Crippen LogP contribution is -2.39. The molecule has 0 fully saturated rings. The Bertz CT molecular complexity index is 1560. The highest BCUT2D eigenvalue weighted by molar-refractivity contribution is 8.24. The Kier molecular flexibility index (Phi) is 7.11. The minimum atomic E-state index is -5.84. The van der Waals surface area contributed by atoms with Crippen LogP contribution in [0, 0.1) is 30.3 Å². The van der Waals surface area contributed by atoms with Gasteiger partial charge in [0.1, 0.15) is 14.7 Å². The van der Waals surface area contributed by atoms with E-state index < -0.39 is 79.9 Å². The number of benzene rings is 3. The van der Waals surface area contributed by atoms with Gasteiger partial charge in [-0.15, -0.1) is 0 Å². The van der Waals surface area contributed by atoms with Gasteiger partial charge in [-0.25, -0.2) is 25.3 Å². The van der Waals surface area contributed by atoms with Crippen molar-refractivity contribution >= 4 is 46.6 Å². The lowest BCUT2D eigenvalue weighted by atomic mass is 10.3. The van der Waals surface area contributed by atoms with Crippen LogP contribution in [0.5, 0.6) is 0 Å². The van der Waals surface area contributed by atoms with Crippen LogP contribution in [-0.2, 0) is 29.5 Å². The molecule has 0 amide bonds. The van der Waals surface area contributed by atoms with E-state index in [1.54, 1.807) is 0 Å². The Labute approximate surface area is 208 Å². The maximum atomic E-state index is 13.7. The highest BCUT2D eigenvalue weighted by Gasteiger charge is 2.55. The summed E-state index contributed by atoms with van der Waals surface area (Å²) in [7, 11) is -17.5. The van der Waals surface area contributed by atoms with Gasteiger partial charge in [-0.2, -0.15) is 0 Å². The summed E-state index contributed by atoms with van der Waals surface area (Å²) in [5.41, 5.74) is -3.57. The molecule has 3 aromatic carbocycles. The fourth-order valence-corrected chi connectivity index (χ4v) is 12.0. The third-order valence-electron chi connectivity index (χ3n) is 4.87. The molecule has 0 unspecified atom stereocenters. The van der Waals surface area contributed by atoms with E-state index in [0.29, 0.717) is 36.4 Å². The van der Waals surface area contributed by atoms with Crippen molar-refractivity contribution in [2.45, 2.75) is 18.6 Å². The predicted molar refractivity (Wildman–Crippen MR) is 125 cm³/mol. The van der Waals surface area contributed by atoms with E-state index in [1.807, 2.05) is 0 Å². The first-order chi connectivity index (χ1) is 17.1. The first-order valence-corrected chi connectivity index (χ1v) is 14.2. The molecule has 194 valence electrons. The molecular formula is C19H13N3O12S3. The lowest BCUT2D eigenvalue weighted by Gasteiger charge is -2.19. The van der Waals surface area contributed by atoms with Crippen LogP contribution in [-0.4, -0.2) is 43.9 Å². The summed E-state index contributed by atoms with van der Waals surface area (Å²) in [6.45, 7) is 0. The van der Waals surface area contributed by atoms with Gasteiger partial charge in [0.05, 0.1) is 14.8 Å². The van der Waals surface area contributed by atoms with Crippen molar-refractivity contribution in [2.24, 2.45) is 0 Å². The number of para-hydroxylation sites is 3. The molecule has 3 aromatic rings. The van der Waals surface area contributed by atoms with Gasteiger partial charge in [0.15, 0.2) is 0 Å². The number of nitrogens with zero attached hydrogens (tertiary/aromatic N) is 3. The van der Waals surface area contributed by atoms with Crippen molar-refractivity contribution in [3.05, 3.63) is 103 Å². The molecule has 0 radical (unpaired) electrons. The summed E-state index contributed by atoms with van der Waals surface area (Å²) in [5, 5.41) is 34.4. The molecule has 0 aliphatic rings. The van der Waals surface area contributed by atoms with Gasteiger partial charge < -0.3 is 0 Å². The molecule has 0 heterocycles. The number of sulfone groups is 3. The van der Waals surface area contributed by atoms with Crippen molar-refractivity contribution in [3.8, 4) is 0 Å². The Hall–Kier alpha value is -4.29. The Balaban J connectivity index is 2.52. The number of rotatable bonds is 9. The number of hydrogen-bond acceptors (Lipinski definition) is 12. The summed E-state index contributed by atoms with van der Waals surface area (Å²) in [6.07, 6.45) is 0. The molecule has 0 saturated carbocycles. The molecule has 3 rings (SSSR count). The summed E-state index contributed by atoms with van der Waals surface area (Å²) < 4.78 is 78.3. The van der Waals surface area contributed by atoms with Crippen LogP contribution in [0.1, 0.15) is 0 Å². The van der Waals surface area contributed by atoms with E-state index in [1.165, 1.54) is 0 Å². The van der Waals surface area contributed by atoms with Gasteiger partial charge in [-0.1, -0.05) is 36.4 Å². The zero-order valence-corrected chi connectivity index (χ0v) is 20.4. The average molecular weight is 572 g/mol. The Morgan fingerprint density at radius 2 is 0.676 bits per heavy atom. The van der Waals surface area contributed by atoms with E-state index in [0.717, 1.165) is 36.4 Å². The van der Waals surface area contributed by atoms with E-state index in [2.05, 4.69) is 0 Å². The summed E-state index contributed by atoms with van der Waals surface area (Å²) in [5.74, 6) is 0. The number of nitro groups is 3. The molecular weight excluding hydrogens is 558 g/mol. The molecule has 15 nitrogen and oxygen atoms in total. The van der Waals surface area contributed by atoms with E-state index in [4.69, 9.17) is 0 Å². The van der Waals surface area contributed by atoms with E-state index >= 15 is 0 Å². The maximum absolute atomic E-state index is 13.7. The minimum Gasteiger partial charge on any atom is -0.258 e. The van der Waals surface area contributed by atoms with Crippen LogP contribution in [0.25, 0.3) is 0 Å². The molecule has 18 heteroatoms. The van der Waals surface area contributed by atoms with Crippen molar-refractivity contribution in [3.63, 3.8) is 0 Å². The van der Waals surface area contributed by atoms with Gasteiger partial charge in [-0.05, 0) is 18.2 Å². The van der Waals surface area contributed by atoms with Gasteiger partial charge in [0, 0.05) is 18.2 Å². The third kappa shape index (κ3) is 4.76. The van der Waals surface area contributed by atoms with Crippen LogP contribution in [0.15, 0.2) is 87.5 Å². The standard InChI is InChI=1S/C19H13N3O12S3/c23-20(24)13-7-1-4-10-16(13)35(29,30)19(36(31,32)17-11-5-2-8-14(17)21(25)26)37(33,34)18-12-6-3-9-15(18)22(27)28/h1-12,19H. The fourth-order valence-electron chi connectivity index (χ4n) is 3.36. The molecule has 0 atom stereocenters. The van der Waals surface area contributed by atoms with E-state index in [9.17, 15) is 55.6 Å². The number of hydrogen-bond donors (Lipinski definition) is 0. The van der Waals surface area contributed by atoms with Crippen molar-refractivity contribution in [1.82, 2.24) is 0 Å². The second kappa shape index (κ2) is 9.64. The van der Waals surface area contributed by atoms with Crippen LogP contribution in [0.2, 0.25) is 0 Å².